The van der Waals surface area contributed by atoms with Crippen molar-refractivity contribution in [1.29, 1.82) is 0 Å². The van der Waals surface area contributed by atoms with Crippen molar-refractivity contribution in [2.75, 3.05) is 33.3 Å². The number of aromatic nitrogens is 1. The molecule has 1 unspecified atom stereocenters. The lowest BCUT2D eigenvalue weighted by atomic mass is 10.2. The lowest BCUT2D eigenvalue weighted by Crippen LogP contribution is -2.51. The van der Waals surface area contributed by atoms with E-state index in [9.17, 15) is 4.79 Å². The van der Waals surface area contributed by atoms with Crippen LogP contribution in [0.4, 0.5) is 0 Å². The molecule has 1 atom stereocenters. The van der Waals surface area contributed by atoms with E-state index in [0.717, 1.165) is 47.4 Å². The number of ether oxygens (including phenoxy) is 2. The Balaban J connectivity index is 1.27. The molecule has 0 spiro atoms. The molecule has 2 heterocycles. The van der Waals surface area contributed by atoms with Crippen molar-refractivity contribution in [3.63, 3.8) is 0 Å². The Bertz CT molecular complexity index is 983. The Morgan fingerprint density at radius 2 is 1.74 bits per heavy atom. The number of para-hydroxylation sites is 1. The number of methoxy groups -OCH3 is 1. The summed E-state index contributed by atoms with van der Waals surface area (Å²) < 4.78 is 11.0. The zero-order valence-electron chi connectivity index (χ0n) is 17.9. The number of hydrogen-bond donors (Lipinski definition) is 0. The highest BCUT2D eigenvalue weighted by atomic mass is 32.1. The van der Waals surface area contributed by atoms with Crippen LogP contribution in [-0.2, 0) is 11.3 Å². The van der Waals surface area contributed by atoms with Gasteiger partial charge in [0.15, 0.2) is 6.10 Å². The molecule has 6 nitrogen and oxygen atoms in total. The maximum atomic E-state index is 12.7. The number of amides is 1. The smallest absolute Gasteiger partial charge is 0.263 e. The predicted octanol–water partition coefficient (Wildman–Crippen LogP) is 3.93. The standard InChI is InChI=1S/C24H27N3O3S/c1-18(30-21-6-4-3-5-7-21)24(28)27-14-12-26(13-15-27)16-23-25-22(17-31-23)19-8-10-20(29-2)11-9-19/h3-11,17-18H,12-16H2,1-2H3. The fourth-order valence-corrected chi connectivity index (χ4v) is 4.45. The normalized spacial score (nSPS) is 15.5. The Morgan fingerprint density at radius 3 is 2.42 bits per heavy atom. The van der Waals surface area contributed by atoms with Crippen molar-refractivity contribution >= 4 is 17.2 Å². The summed E-state index contributed by atoms with van der Waals surface area (Å²) in [4.78, 5) is 21.8. The van der Waals surface area contributed by atoms with Gasteiger partial charge in [0, 0.05) is 37.1 Å². The molecule has 162 valence electrons. The first-order chi connectivity index (χ1) is 15.1. The van der Waals surface area contributed by atoms with Gasteiger partial charge in [-0.2, -0.15) is 0 Å². The van der Waals surface area contributed by atoms with E-state index in [0.29, 0.717) is 13.1 Å². The second-order valence-electron chi connectivity index (χ2n) is 7.53. The SMILES string of the molecule is COc1ccc(-c2csc(CN3CCN(C(=O)C(C)Oc4ccccc4)CC3)n2)cc1. The van der Waals surface area contributed by atoms with Crippen LogP contribution in [-0.4, -0.2) is 60.1 Å². The van der Waals surface area contributed by atoms with E-state index in [2.05, 4.69) is 10.3 Å². The van der Waals surface area contributed by atoms with Crippen LogP contribution >= 0.6 is 11.3 Å². The maximum Gasteiger partial charge on any atom is 0.263 e. The molecule has 0 aliphatic carbocycles. The average Bonchev–Trinajstić information content (AvgIpc) is 3.28. The molecule has 0 saturated carbocycles. The third-order valence-electron chi connectivity index (χ3n) is 5.38. The van der Waals surface area contributed by atoms with Gasteiger partial charge in [-0.15, -0.1) is 11.3 Å². The molecule has 31 heavy (non-hydrogen) atoms. The number of hydrogen-bond acceptors (Lipinski definition) is 6. The van der Waals surface area contributed by atoms with Crippen LogP contribution in [0.1, 0.15) is 11.9 Å². The molecule has 4 rings (SSSR count). The third-order valence-corrected chi connectivity index (χ3v) is 6.22. The summed E-state index contributed by atoms with van der Waals surface area (Å²) >= 11 is 1.68. The van der Waals surface area contributed by atoms with Gasteiger partial charge >= 0.3 is 0 Å². The molecule has 1 aromatic heterocycles. The first kappa shape index (κ1) is 21.3. The van der Waals surface area contributed by atoms with E-state index in [1.165, 1.54) is 0 Å². The summed E-state index contributed by atoms with van der Waals surface area (Å²) in [7, 11) is 1.67. The highest BCUT2D eigenvalue weighted by Gasteiger charge is 2.26. The first-order valence-corrected chi connectivity index (χ1v) is 11.3. The van der Waals surface area contributed by atoms with Crippen LogP contribution < -0.4 is 9.47 Å². The summed E-state index contributed by atoms with van der Waals surface area (Å²) in [5.74, 6) is 1.60. The van der Waals surface area contributed by atoms with Gasteiger partial charge in [-0.3, -0.25) is 9.69 Å². The van der Waals surface area contributed by atoms with Crippen LogP contribution in [0.3, 0.4) is 0 Å². The van der Waals surface area contributed by atoms with Gasteiger partial charge in [-0.05, 0) is 43.3 Å². The highest BCUT2D eigenvalue weighted by molar-refractivity contribution is 7.09. The summed E-state index contributed by atoms with van der Waals surface area (Å²) in [6.45, 7) is 5.70. The topological polar surface area (TPSA) is 54.9 Å². The molecule has 1 aliphatic rings. The molecular weight excluding hydrogens is 410 g/mol. The van der Waals surface area contributed by atoms with Gasteiger partial charge in [0.05, 0.1) is 19.3 Å². The number of carbonyl (C=O) groups is 1. The van der Waals surface area contributed by atoms with Gasteiger partial charge in [0.2, 0.25) is 0 Å². The first-order valence-electron chi connectivity index (χ1n) is 10.4. The zero-order chi connectivity index (χ0) is 21.6. The minimum atomic E-state index is -0.486. The summed E-state index contributed by atoms with van der Waals surface area (Å²) in [6.07, 6.45) is -0.486. The fourth-order valence-electron chi connectivity index (χ4n) is 3.61. The lowest BCUT2D eigenvalue weighted by molar-refractivity contribution is -0.139. The fraction of sp³-hybridized carbons (Fsp3) is 0.333. The van der Waals surface area contributed by atoms with Gasteiger partial charge in [0.1, 0.15) is 16.5 Å². The molecule has 1 saturated heterocycles. The van der Waals surface area contributed by atoms with Crippen LogP contribution in [0, 0.1) is 0 Å². The van der Waals surface area contributed by atoms with Crippen LogP contribution in [0.25, 0.3) is 11.3 Å². The van der Waals surface area contributed by atoms with Crippen molar-refractivity contribution in [3.05, 3.63) is 65.0 Å². The summed E-state index contributed by atoms with van der Waals surface area (Å²) in [5, 5.41) is 3.19. The summed E-state index contributed by atoms with van der Waals surface area (Å²) in [5.41, 5.74) is 2.08. The highest BCUT2D eigenvalue weighted by Crippen LogP contribution is 2.25. The maximum absolute atomic E-state index is 12.7. The zero-order valence-corrected chi connectivity index (χ0v) is 18.7. The number of carbonyl (C=O) groups excluding carboxylic acids is 1. The van der Waals surface area contributed by atoms with Crippen molar-refractivity contribution in [2.24, 2.45) is 0 Å². The van der Waals surface area contributed by atoms with Crippen molar-refractivity contribution in [3.8, 4) is 22.8 Å². The van der Waals surface area contributed by atoms with E-state index in [1.807, 2.05) is 66.4 Å². The van der Waals surface area contributed by atoms with Gasteiger partial charge in [-0.25, -0.2) is 4.98 Å². The Labute approximate surface area is 187 Å². The van der Waals surface area contributed by atoms with Crippen LogP contribution in [0.15, 0.2) is 60.0 Å². The number of rotatable bonds is 7. The quantitative estimate of drug-likeness (QED) is 0.561. The molecule has 1 amide bonds. The minimum Gasteiger partial charge on any atom is -0.497 e. The molecule has 3 aromatic rings. The molecule has 1 fully saturated rings. The molecule has 0 bridgehead atoms. The van der Waals surface area contributed by atoms with E-state index in [1.54, 1.807) is 18.4 Å². The minimum absolute atomic E-state index is 0.0412. The number of benzene rings is 2. The molecule has 0 N–H and O–H groups in total. The average molecular weight is 438 g/mol. The van der Waals surface area contributed by atoms with E-state index in [4.69, 9.17) is 14.5 Å². The lowest BCUT2D eigenvalue weighted by Gasteiger charge is -2.35. The van der Waals surface area contributed by atoms with E-state index < -0.39 is 6.10 Å². The Hall–Kier alpha value is -2.90. The summed E-state index contributed by atoms with van der Waals surface area (Å²) in [6, 6.07) is 17.4. The van der Waals surface area contributed by atoms with Crippen molar-refractivity contribution in [2.45, 2.75) is 19.6 Å². The van der Waals surface area contributed by atoms with Crippen molar-refractivity contribution < 1.29 is 14.3 Å². The van der Waals surface area contributed by atoms with Gasteiger partial charge in [-0.1, -0.05) is 18.2 Å². The van der Waals surface area contributed by atoms with Crippen molar-refractivity contribution in [1.82, 2.24) is 14.8 Å². The second-order valence-corrected chi connectivity index (χ2v) is 8.47. The van der Waals surface area contributed by atoms with E-state index >= 15 is 0 Å². The van der Waals surface area contributed by atoms with Crippen LogP contribution in [0.2, 0.25) is 0 Å². The van der Waals surface area contributed by atoms with Gasteiger partial charge in [0.25, 0.3) is 5.91 Å². The Kier molecular flexibility index (Phi) is 6.84. The molecular formula is C24H27N3O3S. The predicted molar refractivity (Wildman–Crippen MR) is 122 cm³/mol. The largest absolute Gasteiger partial charge is 0.497 e. The van der Waals surface area contributed by atoms with E-state index in [-0.39, 0.29) is 5.91 Å². The number of piperazine rings is 1. The number of thiazole rings is 1. The monoisotopic (exact) mass is 437 g/mol. The molecule has 0 radical (unpaired) electrons. The molecule has 1 aliphatic heterocycles. The Morgan fingerprint density at radius 1 is 1.03 bits per heavy atom. The number of nitrogens with zero attached hydrogens (tertiary/aromatic N) is 3. The second kappa shape index (κ2) is 9.94. The molecule has 2 aromatic carbocycles. The van der Waals surface area contributed by atoms with Gasteiger partial charge < -0.3 is 14.4 Å². The molecule has 7 heteroatoms. The van der Waals surface area contributed by atoms with Crippen LogP contribution in [0.5, 0.6) is 11.5 Å². The third kappa shape index (κ3) is 5.42.